The molecule has 3 heterocycles. The fourth-order valence-corrected chi connectivity index (χ4v) is 4.03. The highest BCUT2D eigenvalue weighted by molar-refractivity contribution is 6.06. The largest absolute Gasteiger partial charge is 0.453 e. The molecule has 1 aliphatic heterocycles. The summed E-state index contributed by atoms with van der Waals surface area (Å²) in [6.45, 7) is 6.59. The van der Waals surface area contributed by atoms with Crippen molar-refractivity contribution in [3.05, 3.63) is 40.3 Å². The molecule has 0 radical (unpaired) electrons. The number of aromatic nitrogens is 3. The van der Waals surface area contributed by atoms with Crippen LogP contribution in [0.3, 0.4) is 0 Å². The second-order valence-corrected chi connectivity index (χ2v) is 8.88. The molecule has 10 heteroatoms. The summed E-state index contributed by atoms with van der Waals surface area (Å²) < 4.78 is 11.9. The first-order valence-corrected chi connectivity index (χ1v) is 10.5. The number of carbonyl (C=O) groups excluding carboxylic acids is 2. The van der Waals surface area contributed by atoms with E-state index < -0.39 is 11.7 Å². The second-order valence-electron chi connectivity index (χ2n) is 8.88. The Labute approximate surface area is 184 Å². The van der Waals surface area contributed by atoms with Crippen LogP contribution in [-0.2, 0) is 9.47 Å². The van der Waals surface area contributed by atoms with Gasteiger partial charge in [-0.05, 0) is 45.7 Å². The van der Waals surface area contributed by atoms with Crippen LogP contribution in [0.2, 0.25) is 0 Å². The average molecular weight is 441 g/mol. The predicted molar refractivity (Wildman–Crippen MR) is 119 cm³/mol. The Morgan fingerprint density at radius 3 is 2.59 bits per heavy atom. The minimum atomic E-state index is -0.607. The van der Waals surface area contributed by atoms with Crippen molar-refractivity contribution in [3.8, 4) is 0 Å². The molecule has 0 spiro atoms. The lowest BCUT2D eigenvalue weighted by molar-refractivity contribution is 0.0203. The van der Waals surface area contributed by atoms with Crippen LogP contribution in [0.15, 0.2) is 29.1 Å². The van der Waals surface area contributed by atoms with E-state index in [0.717, 1.165) is 5.69 Å². The van der Waals surface area contributed by atoms with E-state index in [4.69, 9.17) is 9.47 Å². The van der Waals surface area contributed by atoms with Crippen LogP contribution in [0, 0.1) is 0 Å². The number of nitrogens with one attached hydrogen (secondary N) is 2. The maximum absolute atomic E-state index is 12.5. The number of amides is 2. The van der Waals surface area contributed by atoms with Crippen LogP contribution in [0.4, 0.5) is 15.3 Å². The number of H-pyrrole nitrogens is 1. The molecule has 1 saturated heterocycles. The molecular formula is C22H27N5O5. The van der Waals surface area contributed by atoms with Crippen LogP contribution >= 0.6 is 0 Å². The summed E-state index contributed by atoms with van der Waals surface area (Å²) in [4.78, 5) is 41.2. The first-order valence-electron chi connectivity index (χ1n) is 10.5. The van der Waals surface area contributed by atoms with Crippen molar-refractivity contribution >= 4 is 34.4 Å². The predicted octanol–water partition coefficient (Wildman–Crippen LogP) is 3.47. The van der Waals surface area contributed by atoms with E-state index in [1.807, 2.05) is 26.8 Å². The molecule has 1 aliphatic rings. The monoisotopic (exact) mass is 441 g/mol. The number of piperidine rings is 1. The molecule has 0 aliphatic carbocycles. The molecule has 0 saturated carbocycles. The summed E-state index contributed by atoms with van der Waals surface area (Å²) in [5, 5.41) is 7.98. The van der Waals surface area contributed by atoms with Gasteiger partial charge >= 0.3 is 12.2 Å². The van der Waals surface area contributed by atoms with Gasteiger partial charge in [-0.15, -0.1) is 0 Å². The summed E-state index contributed by atoms with van der Waals surface area (Å²) in [6, 6.07) is 6.88. The number of nitrogens with zero attached hydrogens (tertiary/aromatic N) is 3. The molecule has 2 N–H and O–H groups in total. The van der Waals surface area contributed by atoms with Crippen molar-refractivity contribution < 1.29 is 19.1 Å². The lowest BCUT2D eigenvalue weighted by Crippen LogP contribution is -2.41. The minimum absolute atomic E-state index is 0.0461. The van der Waals surface area contributed by atoms with E-state index in [0.29, 0.717) is 48.2 Å². The highest BCUT2D eigenvalue weighted by Crippen LogP contribution is 2.32. The number of fused-ring (bicyclic) bond motifs is 3. The number of hydrogen-bond donors (Lipinski definition) is 2. The van der Waals surface area contributed by atoms with Crippen molar-refractivity contribution in [1.82, 2.24) is 19.5 Å². The van der Waals surface area contributed by atoms with E-state index in [2.05, 4.69) is 15.4 Å². The Morgan fingerprint density at radius 2 is 1.94 bits per heavy atom. The number of carbonyl (C=O) groups is 2. The number of rotatable bonds is 2. The molecule has 4 rings (SSSR count). The van der Waals surface area contributed by atoms with Crippen LogP contribution in [0.5, 0.6) is 0 Å². The van der Waals surface area contributed by atoms with E-state index >= 15 is 0 Å². The molecule has 32 heavy (non-hydrogen) atoms. The van der Waals surface area contributed by atoms with Gasteiger partial charge in [-0.3, -0.25) is 10.1 Å². The molecule has 3 aromatic rings. The van der Waals surface area contributed by atoms with Gasteiger partial charge in [-0.2, -0.15) is 5.10 Å². The van der Waals surface area contributed by atoms with Gasteiger partial charge in [0, 0.05) is 25.1 Å². The highest BCUT2D eigenvalue weighted by atomic mass is 16.6. The Balaban J connectivity index is 1.67. The number of likely N-dealkylation sites (tertiary alicyclic amines) is 1. The van der Waals surface area contributed by atoms with Gasteiger partial charge in [0.05, 0.1) is 29.4 Å². The number of aromatic amines is 1. The zero-order chi connectivity index (χ0) is 23.0. The van der Waals surface area contributed by atoms with Crippen LogP contribution in [0.1, 0.15) is 45.2 Å². The number of methoxy groups -OCH3 is 1. The molecule has 170 valence electrons. The highest BCUT2D eigenvalue weighted by Gasteiger charge is 2.29. The number of benzene rings is 1. The molecule has 1 aromatic carbocycles. The fourth-order valence-electron chi connectivity index (χ4n) is 4.03. The standard InChI is InChI=1S/C22H27N5O5/c1-22(2,3)32-21(30)26-10-8-13(9-11-26)16-12-17(28)24-19-18-14(23-20(29)31-4)6-5-7-15(18)25-27(16)19/h5-7,12-13H,8-11H2,1-4H3,(H,23,29)(H,24,28). The van der Waals surface area contributed by atoms with Crippen LogP contribution < -0.4 is 10.9 Å². The van der Waals surface area contributed by atoms with Gasteiger partial charge in [-0.25, -0.2) is 14.1 Å². The van der Waals surface area contributed by atoms with Crippen molar-refractivity contribution in [3.63, 3.8) is 0 Å². The Kier molecular flexibility index (Phi) is 5.53. The SMILES string of the molecule is COC(=O)Nc1cccc2nn3c(C4CCN(C(=O)OC(C)(C)C)CC4)cc(=O)[nH]c3c12. The molecule has 2 amide bonds. The van der Waals surface area contributed by atoms with Crippen molar-refractivity contribution in [2.75, 3.05) is 25.5 Å². The third-order valence-electron chi connectivity index (χ3n) is 5.45. The van der Waals surface area contributed by atoms with Gasteiger partial charge < -0.3 is 19.4 Å². The van der Waals surface area contributed by atoms with Crippen molar-refractivity contribution in [1.29, 1.82) is 0 Å². The molecule has 10 nitrogen and oxygen atoms in total. The normalized spacial score (nSPS) is 15.2. The fraction of sp³-hybridized carbons (Fsp3) is 0.455. The lowest BCUT2D eigenvalue weighted by Gasteiger charge is -2.33. The third-order valence-corrected chi connectivity index (χ3v) is 5.45. The maximum Gasteiger partial charge on any atom is 0.411 e. The summed E-state index contributed by atoms with van der Waals surface area (Å²) in [5.74, 6) is 0.0461. The Morgan fingerprint density at radius 1 is 1.22 bits per heavy atom. The topological polar surface area (TPSA) is 118 Å². The zero-order valence-corrected chi connectivity index (χ0v) is 18.6. The number of ether oxygens (including phenoxy) is 2. The molecule has 0 bridgehead atoms. The lowest BCUT2D eigenvalue weighted by atomic mass is 9.93. The zero-order valence-electron chi connectivity index (χ0n) is 18.6. The van der Waals surface area contributed by atoms with Crippen molar-refractivity contribution in [2.45, 2.75) is 45.1 Å². The summed E-state index contributed by atoms with van der Waals surface area (Å²) >= 11 is 0. The first-order chi connectivity index (χ1) is 15.2. The smallest absolute Gasteiger partial charge is 0.411 e. The number of hydrogen-bond acceptors (Lipinski definition) is 6. The third kappa shape index (κ3) is 4.25. The summed E-state index contributed by atoms with van der Waals surface area (Å²) in [5.41, 5.74) is 1.61. The Hall–Kier alpha value is -3.56. The summed E-state index contributed by atoms with van der Waals surface area (Å²) in [6.07, 6.45) is 0.433. The van der Waals surface area contributed by atoms with Crippen molar-refractivity contribution in [2.24, 2.45) is 0 Å². The average Bonchev–Trinajstić information content (AvgIpc) is 3.11. The maximum atomic E-state index is 12.5. The first kappa shape index (κ1) is 21.7. The van der Waals surface area contributed by atoms with Gasteiger partial charge in [0.1, 0.15) is 11.2 Å². The van der Waals surface area contributed by atoms with E-state index in [1.54, 1.807) is 27.6 Å². The van der Waals surface area contributed by atoms with Crippen LogP contribution in [0.25, 0.3) is 16.6 Å². The van der Waals surface area contributed by atoms with Crippen LogP contribution in [-0.4, -0.2) is 57.5 Å². The molecule has 0 atom stereocenters. The molecule has 0 unspecified atom stereocenters. The van der Waals surface area contributed by atoms with E-state index in [9.17, 15) is 14.4 Å². The molecule has 2 aromatic heterocycles. The van der Waals surface area contributed by atoms with E-state index in [1.165, 1.54) is 7.11 Å². The quantitative estimate of drug-likeness (QED) is 0.629. The minimum Gasteiger partial charge on any atom is -0.453 e. The Bertz CT molecular complexity index is 1230. The van der Waals surface area contributed by atoms with Gasteiger partial charge in [0.2, 0.25) is 0 Å². The second kappa shape index (κ2) is 8.18. The summed E-state index contributed by atoms with van der Waals surface area (Å²) in [7, 11) is 1.29. The number of anilines is 1. The van der Waals surface area contributed by atoms with Gasteiger partial charge in [0.25, 0.3) is 5.56 Å². The van der Waals surface area contributed by atoms with Gasteiger partial charge in [0.15, 0.2) is 0 Å². The molecular weight excluding hydrogens is 414 g/mol. The molecule has 1 fully saturated rings. The van der Waals surface area contributed by atoms with Gasteiger partial charge in [-0.1, -0.05) is 6.07 Å². The van der Waals surface area contributed by atoms with E-state index in [-0.39, 0.29) is 17.6 Å².